The number of hydrogen-bond acceptors (Lipinski definition) is 5. The van der Waals surface area contributed by atoms with Gasteiger partial charge in [0.2, 0.25) is 5.91 Å². The van der Waals surface area contributed by atoms with E-state index in [9.17, 15) is 9.59 Å². The molecular formula is C24H25N3O3S. The first-order valence-electron chi connectivity index (χ1n) is 10.3. The number of benzene rings is 2. The highest BCUT2D eigenvalue weighted by Crippen LogP contribution is 2.30. The van der Waals surface area contributed by atoms with Gasteiger partial charge in [0.1, 0.15) is 5.75 Å². The van der Waals surface area contributed by atoms with Gasteiger partial charge in [-0.3, -0.25) is 14.2 Å². The molecule has 1 heterocycles. The van der Waals surface area contributed by atoms with Crippen molar-refractivity contribution in [3.05, 3.63) is 77.1 Å². The van der Waals surface area contributed by atoms with Gasteiger partial charge >= 0.3 is 0 Å². The van der Waals surface area contributed by atoms with E-state index in [-0.39, 0.29) is 23.3 Å². The van der Waals surface area contributed by atoms with Gasteiger partial charge in [-0.05, 0) is 42.7 Å². The molecule has 31 heavy (non-hydrogen) atoms. The van der Waals surface area contributed by atoms with Crippen LogP contribution in [-0.4, -0.2) is 39.3 Å². The molecule has 0 spiro atoms. The summed E-state index contributed by atoms with van der Waals surface area (Å²) >= 11 is 1.31. The van der Waals surface area contributed by atoms with Crippen LogP contribution in [0.25, 0.3) is 10.9 Å². The first kappa shape index (κ1) is 21.2. The lowest BCUT2D eigenvalue weighted by Gasteiger charge is -2.23. The standard InChI is InChI=1S/C24H25N3O3S/c1-3-14-26-23(29)20-6-4-5-7-21(20)25-24(26)31-16-22(28)27(18-10-11-18)15-17-8-12-19(30-2)13-9-17/h3-9,12-13,18H,1,10-11,14-16H2,2H3. The lowest BCUT2D eigenvalue weighted by atomic mass is 10.2. The molecule has 2 aromatic carbocycles. The van der Waals surface area contributed by atoms with Crippen LogP contribution in [0.15, 0.2) is 71.1 Å². The molecule has 7 heteroatoms. The second kappa shape index (κ2) is 9.39. The zero-order valence-electron chi connectivity index (χ0n) is 17.5. The number of methoxy groups -OCH3 is 1. The Bertz CT molecular complexity index is 1150. The Hall–Kier alpha value is -3.06. The molecule has 3 aromatic rings. The summed E-state index contributed by atoms with van der Waals surface area (Å²) in [5.74, 6) is 1.08. The number of carbonyl (C=O) groups excluding carboxylic acids is 1. The molecule has 1 amide bonds. The zero-order valence-corrected chi connectivity index (χ0v) is 18.3. The van der Waals surface area contributed by atoms with E-state index in [0.29, 0.717) is 29.1 Å². The van der Waals surface area contributed by atoms with Crippen molar-refractivity contribution in [1.29, 1.82) is 0 Å². The van der Waals surface area contributed by atoms with Crippen molar-refractivity contribution in [2.75, 3.05) is 12.9 Å². The summed E-state index contributed by atoms with van der Waals surface area (Å²) in [5, 5.41) is 1.11. The van der Waals surface area contributed by atoms with E-state index in [2.05, 4.69) is 11.6 Å². The molecule has 0 N–H and O–H groups in total. The maximum absolute atomic E-state index is 13.1. The van der Waals surface area contributed by atoms with E-state index in [4.69, 9.17) is 4.74 Å². The highest BCUT2D eigenvalue weighted by atomic mass is 32.2. The quantitative estimate of drug-likeness (QED) is 0.290. The van der Waals surface area contributed by atoms with Gasteiger partial charge < -0.3 is 9.64 Å². The fourth-order valence-electron chi connectivity index (χ4n) is 3.49. The number of carbonyl (C=O) groups is 1. The van der Waals surface area contributed by atoms with Crippen LogP contribution in [0.5, 0.6) is 5.75 Å². The molecule has 0 saturated heterocycles. The van der Waals surface area contributed by atoms with E-state index < -0.39 is 0 Å². The van der Waals surface area contributed by atoms with Crippen LogP contribution >= 0.6 is 11.8 Å². The summed E-state index contributed by atoms with van der Waals surface area (Å²) in [4.78, 5) is 32.6. The Morgan fingerprint density at radius 1 is 1.26 bits per heavy atom. The van der Waals surface area contributed by atoms with E-state index in [1.54, 1.807) is 23.8 Å². The third-order valence-corrected chi connectivity index (χ3v) is 6.24. The monoisotopic (exact) mass is 435 g/mol. The maximum atomic E-state index is 13.1. The van der Waals surface area contributed by atoms with Crippen LogP contribution in [0.1, 0.15) is 18.4 Å². The van der Waals surface area contributed by atoms with Crippen LogP contribution in [0.3, 0.4) is 0 Å². The van der Waals surface area contributed by atoms with Crippen LogP contribution in [-0.2, 0) is 17.9 Å². The number of fused-ring (bicyclic) bond motifs is 1. The average molecular weight is 436 g/mol. The Morgan fingerprint density at radius 3 is 2.68 bits per heavy atom. The largest absolute Gasteiger partial charge is 0.497 e. The lowest BCUT2D eigenvalue weighted by Crippen LogP contribution is -2.34. The smallest absolute Gasteiger partial charge is 0.262 e. The fraction of sp³-hybridized carbons (Fsp3) is 0.292. The van der Waals surface area contributed by atoms with Gasteiger partial charge in [0.15, 0.2) is 5.16 Å². The second-order valence-corrected chi connectivity index (χ2v) is 8.45. The number of amides is 1. The minimum Gasteiger partial charge on any atom is -0.497 e. The van der Waals surface area contributed by atoms with E-state index in [1.165, 1.54) is 11.8 Å². The van der Waals surface area contributed by atoms with E-state index in [0.717, 1.165) is 24.2 Å². The van der Waals surface area contributed by atoms with Crippen molar-refractivity contribution >= 4 is 28.6 Å². The highest BCUT2D eigenvalue weighted by Gasteiger charge is 2.32. The molecule has 0 bridgehead atoms. The van der Waals surface area contributed by atoms with Crippen LogP contribution in [0.2, 0.25) is 0 Å². The summed E-state index contributed by atoms with van der Waals surface area (Å²) in [6.45, 7) is 4.67. The first-order valence-corrected chi connectivity index (χ1v) is 11.2. The Morgan fingerprint density at radius 2 is 2.00 bits per heavy atom. The predicted molar refractivity (Wildman–Crippen MR) is 123 cm³/mol. The molecule has 0 atom stereocenters. The fourth-order valence-corrected chi connectivity index (χ4v) is 4.39. The van der Waals surface area contributed by atoms with Crippen LogP contribution < -0.4 is 10.3 Å². The number of ether oxygens (including phenoxy) is 1. The molecule has 1 fully saturated rings. The van der Waals surface area contributed by atoms with Crippen molar-refractivity contribution in [2.45, 2.75) is 37.1 Å². The van der Waals surface area contributed by atoms with Crippen LogP contribution in [0, 0.1) is 0 Å². The number of para-hydroxylation sites is 1. The van der Waals surface area contributed by atoms with Gasteiger partial charge in [-0.15, -0.1) is 6.58 Å². The number of allylic oxidation sites excluding steroid dienone is 1. The summed E-state index contributed by atoms with van der Waals surface area (Å²) in [6.07, 6.45) is 3.73. The number of nitrogens with zero attached hydrogens (tertiary/aromatic N) is 3. The van der Waals surface area contributed by atoms with Crippen molar-refractivity contribution in [3.63, 3.8) is 0 Å². The molecule has 1 aromatic heterocycles. The SMILES string of the molecule is C=CCn1c(SCC(=O)N(Cc2ccc(OC)cc2)C2CC2)nc2ccccc2c1=O. The van der Waals surface area contributed by atoms with Crippen molar-refractivity contribution in [3.8, 4) is 5.75 Å². The van der Waals surface area contributed by atoms with Gasteiger partial charge in [-0.2, -0.15) is 0 Å². The normalized spacial score (nSPS) is 13.2. The third-order valence-electron chi connectivity index (χ3n) is 5.28. The molecule has 160 valence electrons. The summed E-state index contributed by atoms with van der Waals surface area (Å²) in [6, 6.07) is 15.4. The average Bonchev–Trinajstić information content (AvgIpc) is 3.64. The Kier molecular flexibility index (Phi) is 6.42. The predicted octanol–water partition coefficient (Wildman–Crippen LogP) is 3.87. The molecule has 1 aliphatic carbocycles. The summed E-state index contributed by atoms with van der Waals surface area (Å²) < 4.78 is 6.80. The number of thioether (sulfide) groups is 1. The van der Waals surface area contributed by atoms with Crippen molar-refractivity contribution in [1.82, 2.24) is 14.5 Å². The van der Waals surface area contributed by atoms with E-state index >= 15 is 0 Å². The number of hydrogen-bond donors (Lipinski definition) is 0. The molecule has 0 aliphatic heterocycles. The highest BCUT2D eigenvalue weighted by molar-refractivity contribution is 7.99. The van der Waals surface area contributed by atoms with Gasteiger partial charge in [0.05, 0.1) is 23.8 Å². The molecule has 6 nitrogen and oxygen atoms in total. The Balaban J connectivity index is 1.52. The molecule has 1 aliphatic rings. The minimum absolute atomic E-state index is 0.0517. The summed E-state index contributed by atoms with van der Waals surface area (Å²) in [5.41, 5.74) is 1.59. The maximum Gasteiger partial charge on any atom is 0.262 e. The molecule has 0 radical (unpaired) electrons. The number of aromatic nitrogens is 2. The molecule has 1 saturated carbocycles. The van der Waals surface area contributed by atoms with Gasteiger partial charge in [0, 0.05) is 19.1 Å². The van der Waals surface area contributed by atoms with Gasteiger partial charge in [-0.1, -0.05) is 42.1 Å². The topological polar surface area (TPSA) is 64.4 Å². The minimum atomic E-state index is -0.113. The van der Waals surface area contributed by atoms with Gasteiger partial charge in [0.25, 0.3) is 5.56 Å². The molecular weight excluding hydrogens is 410 g/mol. The second-order valence-electron chi connectivity index (χ2n) is 7.51. The van der Waals surface area contributed by atoms with E-state index in [1.807, 2.05) is 47.4 Å². The van der Waals surface area contributed by atoms with Gasteiger partial charge in [-0.25, -0.2) is 4.98 Å². The zero-order chi connectivity index (χ0) is 21.8. The molecule has 0 unspecified atom stereocenters. The Labute approximate surface area is 185 Å². The van der Waals surface area contributed by atoms with Crippen LogP contribution in [0.4, 0.5) is 0 Å². The van der Waals surface area contributed by atoms with Crippen molar-refractivity contribution < 1.29 is 9.53 Å². The lowest BCUT2D eigenvalue weighted by molar-refractivity contribution is -0.129. The number of rotatable bonds is 9. The first-order chi connectivity index (χ1) is 15.1. The third kappa shape index (κ3) is 4.82. The summed E-state index contributed by atoms with van der Waals surface area (Å²) in [7, 11) is 1.64. The van der Waals surface area contributed by atoms with Crippen molar-refractivity contribution in [2.24, 2.45) is 0 Å². The molecule has 4 rings (SSSR count).